The second-order valence-corrected chi connectivity index (χ2v) is 12.6. The Labute approximate surface area is 251 Å². The summed E-state index contributed by atoms with van der Waals surface area (Å²) in [6, 6.07) is 20.1. The minimum absolute atomic E-state index is 0.00949. The first-order chi connectivity index (χ1) is 18.9. The third kappa shape index (κ3) is 8.61. The predicted molar refractivity (Wildman–Crippen MR) is 162 cm³/mol. The van der Waals surface area contributed by atoms with Crippen LogP contribution in [0.15, 0.2) is 72.8 Å². The normalized spacial score (nSPS) is 12.8. The summed E-state index contributed by atoms with van der Waals surface area (Å²) in [4.78, 5) is 29.1. The fourth-order valence-corrected chi connectivity index (χ4v) is 5.62. The zero-order valence-corrected chi connectivity index (χ0v) is 25.6. The molecule has 2 amide bonds. The largest absolute Gasteiger partial charge is 0.352 e. The lowest BCUT2D eigenvalue weighted by Crippen LogP contribution is -2.54. The molecule has 40 heavy (non-hydrogen) atoms. The van der Waals surface area contributed by atoms with Gasteiger partial charge in [-0.3, -0.25) is 13.9 Å². The van der Waals surface area contributed by atoms with E-state index in [-0.39, 0.29) is 45.7 Å². The molecule has 1 N–H and O–H groups in total. The van der Waals surface area contributed by atoms with Crippen molar-refractivity contribution < 1.29 is 18.0 Å². The van der Waals surface area contributed by atoms with Gasteiger partial charge in [0.15, 0.2) is 0 Å². The number of halogens is 3. The Morgan fingerprint density at radius 1 is 0.875 bits per heavy atom. The van der Waals surface area contributed by atoms with E-state index in [1.807, 2.05) is 74.5 Å². The second-order valence-electron chi connectivity index (χ2n) is 9.52. The number of sulfonamides is 1. The van der Waals surface area contributed by atoms with E-state index in [0.717, 1.165) is 21.7 Å². The first kappa shape index (κ1) is 31.7. The number of anilines is 1. The van der Waals surface area contributed by atoms with E-state index in [1.54, 1.807) is 0 Å². The molecule has 3 aromatic rings. The highest BCUT2D eigenvalue weighted by Crippen LogP contribution is 2.35. The summed E-state index contributed by atoms with van der Waals surface area (Å²) in [5.74, 6) is -0.919. The molecule has 0 aromatic heterocycles. The molecular formula is C29H32Cl3N3O4S. The Balaban J connectivity index is 2.08. The fourth-order valence-electron chi connectivity index (χ4n) is 4.07. The van der Waals surface area contributed by atoms with Crippen molar-refractivity contribution in [3.63, 3.8) is 0 Å². The van der Waals surface area contributed by atoms with Gasteiger partial charge in [0.2, 0.25) is 21.8 Å². The Hall–Kier alpha value is -2.78. The van der Waals surface area contributed by atoms with Crippen LogP contribution in [0.1, 0.15) is 31.4 Å². The van der Waals surface area contributed by atoms with Gasteiger partial charge in [-0.2, -0.15) is 0 Å². The van der Waals surface area contributed by atoms with Gasteiger partial charge < -0.3 is 10.2 Å². The van der Waals surface area contributed by atoms with Crippen LogP contribution in [0, 0.1) is 0 Å². The van der Waals surface area contributed by atoms with E-state index in [4.69, 9.17) is 34.8 Å². The highest BCUT2D eigenvalue weighted by Gasteiger charge is 2.34. The van der Waals surface area contributed by atoms with E-state index in [2.05, 4.69) is 5.32 Å². The summed E-state index contributed by atoms with van der Waals surface area (Å²) in [7, 11) is -4.00. The van der Waals surface area contributed by atoms with Gasteiger partial charge in [0.25, 0.3) is 0 Å². The molecule has 0 bridgehead atoms. The zero-order chi connectivity index (χ0) is 29.4. The molecule has 0 fully saturated rings. The molecule has 0 heterocycles. The first-order valence-corrected chi connectivity index (χ1v) is 15.7. The summed E-state index contributed by atoms with van der Waals surface area (Å²) < 4.78 is 26.7. The molecule has 7 nitrogen and oxygen atoms in total. The van der Waals surface area contributed by atoms with Crippen molar-refractivity contribution in [3.8, 4) is 0 Å². The van der Waals surface area contributed by atoms with Crippen molar-refractivity contribution in [1.29, 1.82) is 0 Å². The van der Waals surface area contributed by atoms with Gasteiger partial charge in [0.1, 0.15) is 12.6 Å². The fraction of sp³-hybridized carbons (Fsp3) is 0.310. The summed E-state index contributed by atoms with van der Waals surface area (Å²) in [5.41, 5.74) is 1.64. The van der Waals surface area contributed by atoms with Crippen LogP contribution in [-0.4, -0.2) is 50.0 Å². The van der Waals surface area contributed by atoms with Crippen molar-refractivity contribution in [3.05, 3.63) is 99.0 Å². The lowest BCUT2D eigenvalue weighted by Gasteiger charge is -2.34. The van der Waals surface area contributed by atoms with Gasteiger partial charge >= 0.3 is 0 Å². The second kappa shape index (κ2) is 14.2. The number of hydrogen-bond donors (Lipinski definition) is 1. The standard InChI is InChI=1S/C29H32Cl3N3O4S/c1-4-20(2)33-29(37)27(15-21-11-7-5-8-12-21)34(18-22-13-9-6-10-14-22)28(36)19-35(40(3,38)39)26-17-24(31)23(30)16-25(26)32/h5-14,16-17,20,27H,4,15,18-19H2,1-3H3,(H,33,37)/t20-,27+/m1/s1. The summed E-state index contributed by atoms with van der Waals surface area (Å²) in [6.07, 6.45) is 1.90. The molecule has 0 saturated carbocycles. The lowest BCUT2D eigenvalue weighted by atomic mass is 10.0. The van der Waals surface area contributed by atoms with Crippen LogP contribution in [0.3, 0.4) is 0 Å². The van der Waals surface area contributed by atoms with E-state index in [1.165, 1.54) is 17.0 Å². The predicted octanol–water partition coefficient (Wildman–Crippen LogP) is 5.97. The zero-order valence-electron chi connectivity index (χ0n) is 22.5. The SMILES string of the molecule is CC[C@@H](C)NC(=O)[C@H](Cc1ccccc1)N(Cc1ccccc1)C(=O)CN(c1cc(Cl)c(Cl)cc1Cl)S(C)(=O)=O. The molecule has 0 spiro atoms. The number of carbonyl (C=O) groups excluding carboxylic acids is 2. The molecule has 11 heteroatoms. The van der Waals surface area contributed by atoms with Crippen LogP contribution in [0.4, 0.5) is 5.69 Å². The highest BCUT2D eigenvalue weighted by molar-refractivity contribution is 7.92. The van der Waals surface area contributed by atoms with Gasteiger partial charge in [0, 0.05) is 19.0 Å². The van der Waals surface area contributed by atoms with Gasteiger partial charge in [0.05, 0.1) is 27.0 Å². The van der Waals surface area contributed by atoms with Crippen LogP contribution in [-0.2, 0) is 32.6 Å². The molecule has 3 rings (SSSR count). The van der Waals surface area contributed by atoms with E-state index in [0.29, 0.717) is 6.42 Å². The number of amides is 2. The van der Waals surface area contributed by atoms with Gasteiger partial charge in [-0.15, -0.1) is 0 Å². The quantitative estimate of drug-likeness (QED) is 0.252. The van der Waals surface area contributed by atoms with Crippen molar-refractivity contribution in [2.24, 2.45) is 0 Å². The Morgan fingerprint density at radius 3 is 1.98 bits per heavy atom. The van der Waals surface area contributed by atoms with Crippen LogP contribution in [0.2, 0.25) is 15.1 Å². The molecule has 0 aliphatic rings. The van der Waals surface area contributed by atoms with Crippen LogP contribution < -0.4 is 9.62 Å². The van der Waals surface area contributed by atoms with E-state index >= 15 is 0 Å². The third-order valence-corrected chi connectivity index (χ3v) is 8.56. The van der Waals surface area contributed by atoms with Gasteiger partial charge in [-0.25, -0.2) is 8.42 Å². The Kier molecular flexibility index (Phi) is 11.3. The average molecular weight is 625 g/mol. The molecule has 3 aromatic carbocycles. The van der Waals surface area contributed by atoms with E-state index in [9.17, 15) is 18.0 Å². The van der Waals surface area contributed by atoms with Crippen molar-refractivity contribution in [1.82, 2.24) is 10.2 Å². The molecule has 0 unspecified atom stereocenters. The van der Waals surface area contributed by atoms with Gasteiger partial charge in [-0.1, -0.05) is 102 Å². The number of nitrogens with one attached hydrogen (secondary N) is 1. The lowest BCUT2D eigenvalue weighted by molar-refractivity contribution is -0.140. The molecule has 0 aliphatic heterocycles. The van der Waals surface area contributed by atoms with Crippen LogP contribution in [0.5, 0.6) is 0 Å². The Morgan fingerprint density at radius 2 is 1.43 bits per heavy atom. The molecular weight excluding hydrogens is 593 g/mol. The first-order valence-electron chi connectivity index (χ1n) is 12.7. The number of hydrogen-bond acceptors (Lipinski definition) is 4. The minimum atomic E-state index is -4.00. The number of rotatable bonds is 12. The molecule has 214 valence electrons. The van der Waals surface area contributed by atoms with Gasteiger partial charge in [-0.05, 0) is 36.6 Å². The molecule has 0 saturated heterocycles. The van der Waals surface area contributed by atoms with Crippen molar-refractivity contribution >= 4 is 62.3 Å². The summed E-state index contributed by atoms with van der Waals surface area (Å²) in [6.45, 7) is 3.32. The maximum Gasteiger partial charge on any atom is 0.244 e. The van der Waals surface area contributed by atoms with E-state index < -0.39 is 28.5 Å². The van der Waals surface area contributed by atoms with Crippen molar-refractivity contribution in [2.45, 2.75) is 45.3 Å². The maximum absolute atomic E-state index is 14.1. The smallest absolute Gasteiger partial charge is 0.244 e. The number of nitrogens with zero attached hydrogens (tertiary/aromatic N) is 2. The average Bonchev–Trinajstić information content (AvgIpc) is 2.91. The van der Waals surface area contributed by atoms with Crippen LogP contribution >= 0.6 is 34.8 Å². The monoisotopic (exact) mass is 623 g/mol. The third-order valence-electron chi connectivity index (χ3n) is 6.41. The van der Waals surface area contributed by atoms with Crippen LogP contribution in [0.25, 0.3) is 0 Å². The number of benzene rings is 3. The summed E-state index contributed by atoms with van der Waals surface area (Å²) >= 11 is 18.6. The van der Waals surface area contributed by atoms with Crippen molar-refractivity contribution in [2.75, 3.05) is 17.1 Å². The topological polar surface area (TPSA) is 86.8 Å². The minimum Gasteiger partial charge on any atom is -0.352 e. The summed E-state index contributed by atoms with van der Waals surface area (Å²) in [5, 5.41) is 3.23. The molecule has 2 atom stereocenters. The molecule has 0 aliphatic carbocycles. The number of carbonyl (C=O) groups is 2. The molecule has 0 radical (unpaired) electrons. The maximum atomic E-state index is 14.1. The highest BCUT2D eigenvalue weighted by atomic mass is 35.5. The Bertz CT molecular complexity index is 1420.